The summed E-state index contributed by atoms with van der Waals surface area (Å²) in [4.78, 5) is 2.34. The van der Waals surface area contributed by atoms with E-state index in [0.29, 0.717) is 5.02 Å². The molecule has 0 bridgehead atoms. The first-order valence-corrected chi connectivity index (χ1v) is 16.0. The normalized spacial score (nSPS) is 15.1. The number of para-hydroxylation sites is 1. The number of hydrogen-bond donors (Lipinski definition) is 0. The Balaban J connectivity index is 1.32. The van der Waals surface area contributed by atoms with E-state index < -0.39 is 0 Å². The fourth-order valence-corrected chi connectivity index (χ4v) is 8.24. The van der Waals surface area contributed by atoms with E-state index in [1.807, 2.05) is 24.3 Å². The predicted molar refractivity (Wildman–Crippen MR) is 189 cm³/mol. The van der Waals surface area contributed by atoms with Crippen LogP contribution in [0.4, 0.5) is 17.1 Å². The van der Waals surface area contributed by atoms with E-state index in [9.17, 15) is 0 Å². The van der Waals surface area contributed by atoms with Crippen molar-refractivity contribution >= 4 is 50.6 Å². The first-order valence-electron chi connectivity index (χ1n) is 15.6. The molecular formula is C42H32ClNO. The molecule has 45 heavy (non-hydrogen) atoms. The van der Waals surface area contributed by atoms with Gasteiger partial charge in [-0.05, 0) is 87.0 Å². The van der Waals surface area contributed by atoms with Crippen LogP contribution in [0.3, 0.4) is 0 Å². The summed E-state index contributed by atoms with van der Waals surface area (Å²) in [6, 6.07) is 43.7. The molecule has 2 aliphatic rings. The maximum Gasteiger partial charge on any atom is 0.159 e. The minimum absolute atomic E-state index is 0.127. The van der Waals surface area contributed by atoms with Crippen molar-refractivity contribution in [2.24, 2.45) is 0 Å². The predicted octanol–water partition coefficient (Wildman–Crippen LogP) is 12.3. The molecule has 7 aromatic rings. The lowest BCUT2D eigenvalue weighted by Crippen LogP contribution is -2.18. The Morgan fingerprint density at radius 2 is 1.02 bits per heavy atom. The summed E-state index contributed by atoms with van der Waals surface area (Å²) in [5.74, 6) is 0. The lowest BCUT2D eigenvalue weighted by molar-refractivity contribution is 0.659. The summed E-state index contributed by atoms with van der Waals surface area (Å²) >= 11 is 6.93. The van der Waals surface area contributed by atoms with Gasteiger partial charge in [0, 0.05) is 38.0 Å². The van der Waals surface area contributed by atoms with Gasteiger partial charge in [0.05, 0.1) is 5.69 Å². The molecule has 218 valence electrons. The van der Waals surface area contributed by atoms with E-state index in [2.05, 4.69) is 130 Å². The molecule has 0 radical (unpaired) electrons. The van der Waals surface area contributed by atoms with Gasteiger partial charge in [0.15, 0.2) is 5.58 Å². The molecule has 0 unspecified atom stereocenters. The molecule has 1 heterocycles. The number of hydrogen-bond acceptors (Lipinski definition) is 2. The molecule has 6 aromatic carbocycles. The van der Waals surface area contributed by atoms with Crippen LogP contribution in [0.25, 0.3) is 44.2 Å². The van der Waals surface area contributed by atoms with Gasteiger partial charge in [0.1, 0.15) is 5.58 Å². The molecule has 0 amide bonds. The highest BCUT2D eigenvalue weighted by molar-refractivity contribution is 6.32. The molecule has 0 spiro atoms. The average molecular weight is 602 g/mol. The van der Waals surface area contributed by atoms with E-state index >= 15 is 0 Å². The third-order valence-corrected chi connectivity index (χ3v) is 10.5. The highest BCUT2D eigenvalue weighted by Crippen LogP contribution is 2.54. The standard InChI is InChI=1S/C42H32ClNO/c1-41(2)34-14-8-5-11-28(34)30-19-17-26(23-36(30)41)44(38-22-25(43)21-33-32-13-7-10-16-39(32)45-40(33)38)27-18-20-31-29-12-6-9-15-35(29)42(3,4)37(31)24-27/h5-24H,1-4H3. The minimum Gasteiger partial charge on any atom is -0.454 e. The maximum absolute atomic E-state index is 6.93. The van der Waals surface area contributed by atoms with Crippen LogP contribution in [-0.4, -0.2) is 0 Å². The fraction of sp³-hybridized carbons (Fsp3) is 0.143. The number of benzene rings is 6. The van der Waals surface area contributed by atoms with Gasteiger partial charge >= 0.3 is 0 Å². The van der Waals surface area contributed by atoms with Gasteiger partial charge in [-0.1, -0.05) is 118 Å². The zero-order valence-electron chi connectivity index (χ0n) is 25.8. The van der Waals surface area contributed by atoms with E-state index in [-0.39, 0.29) is 10.8 Å². The van der Waals surface area contributed by atoms with E-state index in [1.54, 1.807) is 0 Å². The molecule has 2 nitrogen and oxygen atoms in total. The van der Waals surface area contributed by atoms with Gasteiger partial charge < -0.3 is 9.32 Å². The number of fused-ring (bicyclic) bond motifs is 9. The lowest BCUT2D eigenvalue weighted by atomic mass is 9.82. The molecule has 3 heteroatoms. The summed E-state index contributed by atoms with van der Waals surface area (Å²) in [6.45, 7) is 9.32. The molecule has 0 saturated carbocycles. The van der Waals surface area contributed by atoms with Crippen LogP contribution in [0.15, 0.2) is 126 Å². The van der Waals surface area contributed by atoms with E-state index in [4.69, 9.17) is 16.0 Å². The van der Waals surface area contributed by atoms with Gasteiger partial charge in [-0.25, -0.2) is 0 Å². The zero-order chi connectivity index (χ0) is 30.7. The van der Waals surface area contributed by atoms with Gasteiger partial charge in [-0.15, -0.1) is 0 Å². The van der Waals surface area contributed by atoms with Crippen LogP contribution in [0, 0.1) is 0 Å². The molecule has 1 aromatic heterocycles. The highest BCUT2D eigenvalue weighted by atomic mass is 35.5. The number of nitrogens with zero attached hydrogens (tertiary/aromatic N) is 1. The molecule has 0 N–H and O–H groups in total. The van der Waals surface area contributed by atoms with Crippen LogP contribution in [0.2, 0.25) is 5.02 Å². The van der Waals surface area contributed by atoms with Crippen molar-refractivity contribution in [2.75, 3.05) is 4.90 Å². The third-order valence-electron chi connectivity index (χ3n) is 10.3. The number of halogens is 1. The number of rotatable bonds is 3. The minimum atomic E-state index is -0.127. The molecular weight excluding hydrogens is 570 g/mol. The van der Waals surface area contributed by atoms with Crippen molar-refractivity contribution in [2.45, 2.75) is 38.5 Å². The van der Waals surface area contributed by atoms with Crippen LogP contribution >= 0.6 is 11.6 Å². The molecule has 9 rings (SSSR count). The van der Waals surface area contributed by atoms with Gasteiger partial charge in [-0.2, -0.15) is 0 Å². The number of furan rings is 1. The molecule has 0 fully saturated rings. The Hall–Kier alpha value is -4.79. The molecule has 0 saturated heterocycles. The summed E-state index contributed by atoms with van der Waals surface area (Å²) in [5.41, 5.74) is 15.1. The van der Waals surface area contributed by atoms with Crippen LogP contribution in [0.1, 0.15) is 49.9 Å². The average Bonchev–Trinajstić information content (AvgIpc) is 3.61. The lowest BCUT2D eigenvalue weighted by Gasteiger charge is -2.30. The third kappa shape index (κ3) is 3.63. The first-order chi connectivity index (χ1) is 21.7. The Labute approximate surface area is 268 Å². The topological polar surface area (TPSA) is 16.4 Å². The highest BCUT2D eigenvalue weighted by Gasteiger charge is 2.38. The van der Waals surface area contributed by atoms with Gasteiger partial charge in [-0.3, -0.25) is 0 Å². The fourth-order valence-electron chi connectivity index (χ4n) is 8.03. The van der Waals surface area contributed by atoms with Crippen LogP contribution in [-0.2, 0) is 10.8 Å². The summed E-state index contributed by atoms with van der Waals surface area (Å²) in [7, 11) is 0. The van der Waals surface area contributed by atoms with Crippen molar-refractivity contribution in [3.8, 4) is 22.3 Å². The monoisotopic (exact) mass is 601 g/mol. The van der Waals surface area contributed by atoms with E-state index in [0.717, 1.165) is 39.0 Å². The quantitative estimate of drug-likeness (QED) is 0.200. The van der Waals surface area contributed by atoms with E-state index in [1.165, 1.54) is 44.5 Å². The Bertz CT molecular complexity index is 2250. The Kier molecular flexibility index (Phi) is 5.39. The van der Waals surface area contributed by atoms with Crippen molar-refractivity contribution in [3.63, 3.8) is 0 Å². The van der Waals surface area contributed by atoms with Crippen LogP contribution < -0.4 is 4.90 Å². The Morgan fingerprint density at radius 1 is 0.511 bits per heavy atom. The largest absolute Gasteiger partial charge is 0.454 e. The second kappa shape index (κ2) is 9.12. The number of anilines is 3. The first kappa shape index (κ1) is 26.6. The van der Waals surface area contributed by atoms with Crippen molar-refractivity contribution < 1.29 is 4.42 Å². The van der Waals surface area contributed by atoms with Gasteiger partial charge in [0.2, 0.25) is 0 Å². The molecule has 2 aliphatic carbocycles. The second-order valence-corrected chi connectivity index (χ2v) is 14.0. The SMILES string of the molecule is CC1(C)c2ccccc2-c2ccc(N(c3ccc4c(c3)C(C)(C)c3ccccc3-4)c3cc(Cl)cc4c3oc3ccccc34)cc21. The van der Waals surface area contributed by atoms with Crippen molar-refractivity contribution in [1.82, 2.24) is 0 Å². The Morgan fingerprint density at radius 3 is 1.62 bits per heavy atom. The van der Waals surface area contributed by atoms with Crippen molar-refractivity contribution in [3.05, 3.63) is 149 Å². The summed E-state index contributed by atoms with van der Waals surface area (Å²) in [5, 5.41) is 2.75. The maximum atomic E-state index is 6.93. The summed E-state index contributed by atoms with van der Waals surface area (Å²) in [6.07, 6.45) is 0. The molecule has 0 atom stereocenters. The molecule has 0 aliphatic heterocycles. The zero-order valence-corrected chi connectivity index (χ0v) is 26.5. The summed E-state index contributed by atoms with van der Waals surface area (Å²) < 4.78 is 6.63. The van der Waals surface area contributed by atoms with Gasteiger partial charge in [0.25, 0.3) is 0 Å². The van der Waals surface area contributed by atoms with Crippen LogP contribution in [0.5, 0.6) is 0 Å². The smallest absolute Gasteiger partial charge is 0.159 e. The second-order valence-electron chi connectivity index (χ2n) is 13.5. The van der Waals surface area contributed by atoms with Crippen molar-refractivity contribution in [1.29, 1.82) is 0 Å².